The van der Waals surface area contributed by atoms with Crippen LogP contribution in [-0.2, 0) is 23.0 Å². The molecule has 1 unspecified atom stereocenters. The molecule has 1 atom stereocenters. The van der Waals surface area contributed by atoms with Gasteiger partial charge in [0.1, 0.15) is 0 Å². The third kappa shape index (κ3) is 4.24. The maximum absolute atomic E-state index is 12.6. The van der Waals surface area contributed by atoms with Gasteiger partial charge < -0.3 is 0 Å². The Morgan fingerprint density at radius 1 is 1.17 bits per heavy atom. The summed E-state index contributed by atoms with van der Waals surface area (Å²) in [6.07, 6.45) is 2.68. The lowest BCUT2D eigenvalue weighted by Gasteiger charge is -2.15. The summed E-state index contributed by atoms with van der Waals surface area (Å²) in [7, 11) is -3.55. The molecule has 2 aromatic rings. The molecular weight excluding hydrogens is 322 g/mol. The van der Waals surface area contributed by atoms with E-state index in [0.717, 1.165) is 29.8 Å². The summed E-state index contributed by atoms with van der Waals surface area (Å²) in [5.74, 6) is 0.545. The second-order valence-electron chi connectivity index (χ2n) is 6.59. The molecule has 0 aliphatic carbocycles. The van der Waals surface area contributed by atoms with Crippen molar-refractivity contribution in [2.24, 2.45) is 5.92 Å². The largest absolute Gasteiger partial charge is 0.270 e. The van der Waals surface area contributed by atoms with Crippen LogP contribution in [-0.4, -0.2) is 18.2 Å². The van der Waals surface area contributed by atoms with Crippen LogP contribution >= 0.6 is 0 Å². The maximum Gasteiger partial charge on any atom is 0.241 e. The van der Waals surface area contributed by atoms with Crippen molar-refractivity contribution in [3.8, 4) is 0 Å². The predicted octanol–water partition coefficient (Wildman–Crippen LogP) is 3.45. The second kappa shape index (κ2) is 7.49. The summed E-state index contributed by atoms with van der Waals surface area (Å²) in [5, 5.41) is 4.28. The Balaban J connectivity index is 2.16. The molecular formula is C18H27N3O2S. The lowest BCUT2D eigenvalue weighted by atomic mass is 10.0. The van der Waals surface area contributed by atoms with Crippen molar-refractivity contribution in [2.45, 2.75) is 58.5 Å². The van der Waals surface area contributed by atoms with E-state index in [9.17, 15) is 8.42 Å². The van der Waals surface area contributed by atoms with Crippen LogP contribution in [0, 0.1) is 12.8 Å². The summed E-state index contributed by atoms with van der Waals surface area (Å²) in [4.78, 5) is 0.294. The van der Waals surface area contributed by atoms with Gasteiger partial charge in [-0.15, -0.1) is 0 Å². The summed E-state index contributed by atoms with van der Waals surface area (Å²) < 4.78 is 29.8. The van der Waals surface area contributed by atoms with E-state index in [4.69, 9.17) is 0 Å². The van der Waals surface area contributed by atoms with Gasteiger partial charge in [0.25, 0.3) is 0 Å². The molecule has 0 saturated heterocycles. The van der Waals surface area contributed by atoms with Crippen LogP contribution in [0.2, 0.25) is 0 Å². The van der Waals surface area contributed by atoms with Crippen molar-refractivity contribution in [1.82, 2.24) is 14.5 Å². The first-order valence-electron chi connectivity index (χ1n) is 8.38. The summed E-state index contributed by atoms with van der Waals surface area (Å²) in [6.45, 7) is 10.9. The zero-order valence-electron chi connectivity index (χ0n) is 15.1. The fraction of sp³-hybridized carbons (Fsp3) is 0.500. The van der Waals surface area contributed by atoms with Crippen LogP contribution in [0.4, 0.5) is 0 Å². The third-order valence-electron chi connectivity index (χ3n) is 4.12. The Morgan fingerprint density at radius 2 is 1.79 bits per heavy atom. The molecule has 0 saturated carbocycles. The molecule has 2 rings (SSSR count). The van der Waals surface area contributed by atoms with Crippen LogP contribution in [0.3, 0.4) is 0 Å². The van der Waals surface area contributed by atoms with E-state index in [2.05, 4.69) is 23.7 Å². The first-order chi connectivity index (χ1) is 11.2. The normalized spacial score (nSPS) is 13.4. The number of aryl methyl sites for hydroxylation is 1. The van der Waals surface area contributed by atoms with Crippen LogP contribution < -0.4 is 4.72 Å². The average Bonchev–Trinajstić information content (AvgIpc) is 2.87. The van der Waals surface area contributed by atoms with Gasteiger partial charge in [-0.2, -0.15) is 5.10 Å². The molecule has 0 bridgehead atoms. The third-order valence-corrected chi connectivity index (χ3v) is 5.67. The summed E-state index contributed by atoms with van der Waals surface area (Å²) in [6, 6.07) is 6.80. The number of nitrogens with one attached hydrogen (secondary N) is 1. The number of sulfonamides is 1. The number of nitrogens with zero attached hydrogens (tertiary/aromatic N) is 2. The smallest absolute Gasteiger partial charge is 0.241 e. The predicted molar refractivity (Wildman–Crippen MR) is 96.4 cm³/mol. The molecule has 1 aromatic heterocycles. The van der Waals surface area contributed by atoms with Gasteiger partial charge in [-0.3, -0.25) is 4.68 Å². The van der Waals surface area contributed by atoms with Crippen molar-refractivity contribution in [1.29, 1.82) is 0 Å². The van der Waals surface area contributed by atoms with Gasteiger partial charge in [-0.05, 0) is 50.8 Å². The number of aromatic nitrogens is 2. The van der Waals surface area contributed by atoms with Crippen LogP contribution in [0.5, 0.6) is 0 Å². The van der Waals surface area contributed by atoms with Gasteiger partial charge in [0.15, 0.2) is 0 Å². The number of benzene rings is 1. The maximum atomic E-state index is 12.6. The Hall–Kier alpha value is -1.66. The van der Waals surface area contributed by atoms with Crippen LogP contribution in [0.1, 0.15) is 50.6 Å². The molecule has 5 nitrogen and oxygen atoms in total. The van der Waals surface area contributed by atoms with Crippen molar-refractivity contribution < 1.29 is 8.42 Å². The number of hydrogen-bond donors (Lipinski definition) is 1. The first kappa shape index (κ1) is 18.7. The minimum Gasteiger partial charge on any atom is -0.270 e. The zero-order valence-corrected chi connectivity index (χ0v) is 15.9. The lowest BCUT2D eigenvalue weighted by molar-refractivity contribution is 0.565. The van der Waals surface area contributed by atoms with Gasteiger partial charge in [0.2, 0.25) is 10.0 Å². The summed E-state index contributed by atoms with van der Waals surface area (Å²) >= 11 is 0. The minimum atomic E-state index is -3.55. The molecule has 1 N–H and O–H groups in total. The van der Waals surface area contributed by atoms with E-state index in [0.29, 0.717) is 10.8 Å². The van der Waals surface area contributed by atoms with E-state index < -0.39 is 10.0 Å². The van der Waals surface area contributed by atoms with Gasteiger partial charge in [0, 0.05) is 23.8 Å². The fourth-order valence-corrected chi connectivity index (χ4v) is 4.07. The van der Waals surface area contributed by atoms with Gasteiger partial charge in [0.05, 0.1) is 11.1 Å². The molecule has 1 aromatic carbocycles. The number of rotatable bonds is 7. The standard InChI is InChI=1S/C18H27N3O2S/c1-6-21-15(5)18(12-19-21)14(4)20-24(22,23)17-9-7-16(8-10-17)11-13(2)3/h7-10,12-14,20H,6,11H2,1-5H3. The van der Waals surface area contributed by atoms with Gasteiger partial charge in [-0.25, -0.2) is 13.1 Å². The molecule has 0 amide bonds. The Kier molecular flexibility index (Phi) is 5.83. The highest BCUT2D eigenvalue weighted by molar-refractivity contribution is 7.89. The highest BCUT2D eigenvalue weighted by Crippen LogP contribution is 2.20. The van der Waals surface area contributed by atoms with E-state index in [1.807, 2.05) is 37.6 Å². The van der Waals surface area contributed by atoms with Crippen molar-refractivity contribution >= 4 is 10.0 Å². The lowest BCUT2D eigenvalue weighted by Crippen LogP contribution is -2.27. The minimum absolute atomic E-state index is 0.294. The Labute approximate surface area is 145 Å². The topological polar surface area (TPSA) is 64.0 Å². The highest BCUT2D eigenvalue weighted by atomic mass is 32.2. The van der Waals surface area contributed by atoms with E-state index in [1.165, 1.54) is 0 Å². The van der Waals surface area contributed by atoms with E-state index in [-0.39, 0.29) is 6.04 Å². The Morgan fingerprint density at radius 3 is 2.29 bits per heavy atom. The average molecular weight is 350 g/mol. The quantitative estimate of drug-likeness (QED) is 0.833. The zero-order chi connectivity index (χ0) is 17.9. The molecule has 1 heterocycles. The molecule has 6 heteroatoms. The number of hydrogen-bond acceptors (Lipinski definition) is 3. The fourth-order valence-electron chi connectivity index (χ4n) is 2.85. The first-order valence-corrected chi connectivity index (χ1v) is 9.86. The second-order valence-corrected chi connectivity index (χ2v) is 8.30. The molecule has 0 aliphatic heterocycles. The SMILES string of the molecule is CCn1ncc(C(C)NS(=O)(=O)c2ccc(CC(C)C)cc2)c1C. The molecule has 24 heavy (non-hydrogen) atoms. The Bertz CT molecular complexity index is 777. The van der Waals surface area contributed by atoms with Gasteiger partial charge in [-0.1, -0.05) is 26.0 Å². The van der Waals surface area contributed by atoms with E-state index >= 15 is 0 Å². The van der Waals surface area contributed by atoms with E-state index in [1.54, 1.807) is 18.3 Å². The monoisotopic (exact) mass is 349 g/mol. The molecule has 0 radical (unpaired) electrons. The summed E-state index contributed by atoms with van der Waals surface area (Å²) in [5.41, 5.74) is 3.04. The molecule has 132 valence electrons. The van der Waals surface area contributed by atoms with Gasteiger partial charge >= 0.3 is 0 Å². The van der Waals surface area contributed by atoms with Crippen LogP contribution in [0.25, 0.3) is 0 Å². The highest BCUT2D eigenvalue weighted by Gasteiger charge is 2.21. The van der Waals surface area contributed by atoms with Crippen molar-refractivity contribution in [3.05, 3.63) is 47.3 Å². The molecule has 0 fully saturated rings. The molecule has 0 aliphatic rings. The van der Waals surface area contributed by atoms with Crippen molar-refractivity contribution in [2.75, 3.05) is 0 Å². The van der Waals surface area contributed by atoms with Crippen molar-refractivity contribution in [3.63, 3.8) is 0 Å². The van der Waals surface area contributed by atoms with Crippen LogP contribution in [0.15, 0.2) is 35.4 Å². The molecule has 0 spiro atoms.